The van der Waals surface area contributed by atoms with Crippen LogP contribution < -0.4 is 5.56 Å². The van der Waals surface area contributed by atoms with Gasteiger partial charge in [-0.2, -0.15) is 16.4 Å². The maximum absolute atomic E-state index is 13.6. The van der Waals surface area contributed by atoms with Gasteiger partial charge in [0, 0.05) is 37.6 Å². The molecule has 2 fully saturated rings. The van der Waals surface area contributed by atoms with E-state index in [1.807, 2.05) is 25.1 Å². The predicted octanol–water partition coefficient (Wildman–Crippen LogP) is 3.60. The van der Waals surface area contributed by atoms with Gasteiger partial charge in [-0.25, -0.2) is 5.10 Å². The van der Waals surface area contributed by atoms with E-state index in [2.05, 4.69) is 36.8 Å². The topological polar surface area (TPSA) is 69.3 Å². The number of amides is 1. The number of carbonyl (C=O) groups excluding carboxylic acids is 1. The molecular formula is C24H28N4O2S. The first-order chi connectivity index (χ1) is 15.1. The van der Waals surface area contributed by atoms with E-state index in [0.717, 1.165) is 44.4 Å². The molecule has 2 saturated heterocycles. The van der Waals surface area contributed by atoms with E-state index in [0.29, 0.717) is 23.0 Å². The van der Waals surface area contributed by atoms with Gasteiger partial charge in [-0.05, 0) is 60.6 Å². The highest BCUT2D eigenvalue weighted by Crippen LogP contribution is 2.34. The highest BCUT2D eigenvalue weighted by Gasteiger charge is 2.39. The molecule has 4 heterocycles. The van der Waals surface area contributed by atoms with Crippen molar-refractivity contribution in [3.8, 4) is 0 Å². The molecule has 1 N–H and O–H groups in total. The Labute approximate surface area is 185 Å². The molecule has 0 aliphatic carbocycles. The number of H-pyrrole nitrogens is 1. The molecular weight excluding hydrogens is 408 g/mol. The lowest BCUT2D eigenvalue weighted by Gasteiger charge is -2.48. The standard InChI is InChI=1S/C24H28N4O2S/c1-16(22-19-6-2-3-7-20(19)23(29)26-25-22)24(30)28-10-4-5-18-14-27(11-8-21(18)28)13-17-9-12-31-15-17/h2-3,6-7,9,12,15-16,18,21H,4-5,8,10-11,13-14H2,1H3,(H,26,29)/t16-,18-,21-/m1/s1. The van der Waals surface area contributed by atoms with Gasteiger partial charge in [-0.15, -0.1) is 0 Å². The first kappa shape index (κ1) is 20.4. The highest BCUT2D eigenvalue weighted by atomic mass is 32.1. The van der Waals surface area contributed by atoms with E-state index in [1.165, 1.54) is 12.0 Å². The van der Waals surface area contributed by atoms with E-state index in [1.54, 1.807) is 17.4 Å². The average Bonchev–Trinajstić information content (AvgIpc) is 3.31. The van der Waals surface area contributed by atoms with Crippen LogP contribution in [-0.2, 0) is 11.3 Å². The van der Waals surface area contributed by atoms with Gasteiger partial charge in [0.25, 0.3) is 5.56 Å². The largest absolute Gasteiger partial charge is 0.339 e. The number of piperidine rings is 2. The second kappa shape index (κ2) is 8.55. The summed E-state index contributed by atoms with van der Waals surface area (Å²) in [4.78, 5) is 30.4. The van der Waals surface area contributed by atoms with Crippen LogP contribution in [0.15, 0.2) is 45.9 Å². The van der Waals surface area contributed by atoms with Crippen LogP contribution in [0.3, 0.4) is 0 Å². The second-order valence-corrected chi connectivity index (χ2v) is 9.64. The van der Waals surface area contributed by atoms with E-state index in [-0.39, 0.29) is 17.4 Å². The van der Waals surface area contributed by atoms with Crippen LogP contribution in [0.4, 0.5) is 0 Å². The Hall–Kier alpha value is -2.51. The van der Waals surface area contributed by atoms with Crippen molar-refractivity contribution in [1.29, 1.82) is 0 Å². The van der Waals surface area contributed by atoms with E-state index < -0.39 is 0 Å². The van der Waals surface area contributed by atoms with Crippen molar-refractivity contribution in [3.05, 3.63) is 62.7 Å². The van der Waals surface area contributed by atoms with Crippen LogP contribution in [0.25, 0.3) is 10.8 Å². The minimum absolute atomic E-state index is 0.130. The fourth-order valence-corrected chi connectivity index (χ4v) is 6.03. The number of thiophene rings is 1. The Bertz CT molecular complexity index is 1130. The third kappa shape index (κ3) is 3.92. The third-order valence-electron chi connectivity index (χ3n) is 6.93. The molecule has 3 atom stereocenters. The zero-order valence-corrected chi connectivity index (χ0v) is 18.6. The normalized spacial score (nSPS) is 22.9. The van der Waals surface area contributed by atoms with Crippen molar-refractivity contribution in [2.45, 2.75) is 44.7 Å². The summed E-state index contributed by atoms with van der Waals surface area (Å²) in [5, 5.41) is 12.6. The van der Waals surface area contributed by atoms with Crippen LogP contribution in [0, 0.1) is 5.92 Å². The SMILES string of the molecule is C[C@@H](C(=O)N1CCC[C@@H]2CN(Cc3ccsc3)CC[C@H]21)c1n[nH]c(=O)c2ccccc12. The van der Waals surface area contributed by atoms with Crippen molar-refractivity contribution >= 4 is 28.0 Å². The second-order valence-electron chi connectivity index (χ2n) is 8.86. The van der Waals surface area contributed by atoms with Crippen LogP contribution in [0.5, 0.6) is 0 Å². The van der Waals surface area contributed by atoms with Crippen LogP contribution >= 0.6 is 11.3 Å². The average molecular weight is 437 g/mol. The number of hydrogen-bond donors (Lipinski definition) is 1. The summed E-state index contributed by atoms with van der Waals surface area (Å²) in [6.45, 7) is 5.82. The summed E-state index contributed by atoms with van der Waals surface area (Å²) < 4.78 is 0. The molecule has 6 nitrogen and oxygen atoms in total. The number of nitrogens with zero attached hydrogens (tertiary/aromatic N) is 3. The Kier molecular flexibility index (Phi) is 5.63. The fraction of sp³-hybridized carbons (Fsp3) is 0.458. The van der Waals surface area contributed by atoms with Crippen LogP contribution in [-0.4, -0.2) is 51.6 Å². The minimum Gasteiger partial charge on any atom is -0.339 e. The molecule has 2 aliphatic heterocycles. The predicted molar refractivity (Wildman–Crippen MR) is 123 cm³/mol. The number of rotatable bonds is 4. The Balaban J connectivity index is 1.34. The minimum atomic E-state index is -0.385. The van der Waals surface area contributed by atoms with E-state index in [9.17, 15) is 9.59 Å². The summed E-state index contributed by atoms with van der Waals surface area (Å²) in [7, 11) is 0. The lowest BCUT2D eigenvalue weighted by molar-refractivity contribution is -0.139. The molecule has 0 spiro atoms. The lowest BCUT2D eigenvalue weighted by atomic mass is 9.83. The molecule has 2 aromatic heterocycles. The molecule has 31 heavy (non-hydrogen) atoms. The van der Waals surface area contributed by atoms with Gasteiger partial charge < -0.3 is 4.90 Å². The molecule has 0 unspecified atom stereocenters. The summed E-state index contributed by atoms with van der Waals surface area (Å²) in [6, 6.07) is 9.92. The smallest absolute Gasteiger partial charge is 0.272 e. The Morgan fingerprint density at radius 2 is 2.06 bits per heavy atom. The molecule has 0 radical (unpaired) electrons. The van der Waals surface area contributed by atoms with Crippen molar-refractivity contribution in [2.75, 3.05) is 19.6 Å². The molecule has 162 valence electrons. The monoisotopic (exact) mass is 436 g/mol. The van der Waals surface area contributed by atoms with Crippen LogP contribution in [0.1, 0.15) is 43.4 Å². The van der Waals surface area contributed by atoms with Gasteiger partial charge in [-0.3, -0.25) is 14.5 Å². The number of carbonyl (C=O) groups is 1. The van der Waals surface area contributed by atoms with Gasteiger partial charge in [-0.1, -0.05) is 18.2 Å². The van der Waals surface area contributed by atoms with Gasteiger partial charge in [0.05, 0.1) is 17.0 Å². The lowest BCUT2D eigenvalue weighted by Crippen LogP contribution is -2.56. The number of benzene rings is 1. The maximum Gasteiger partial charge on any atom is 0.272 e. The molecule has 7 heteroatoms. The number of nitrogens with one attached hydrogen (secondary N) is 1. The molecule has 0 saturated carbocycles. The van der Waals surface area contributed by atoms with Crippen molar-refractivity contribution < 1.29 is 4.79 Å². The summed E-state index contributed by atoms with van der Waals surface area (Å²) >= 11 is 1.75. The molecule has 2 aliphatic rings. The Morgan fingerprint density at radius 1 is 1.23 bits per heavy atom. The number of aromatic amines is 1. The van der Waals surface area contributed by atoms with Gasteiger partial charge >= 0.3 is 0 Å². The fourth-order valence-electron chi connectivity index (χ4n) is 5.37. The quantitative estimate of drug-likeness (QED) is 0.679. The molecule has 3 aromatic rings. The molecule has 1 aromatic carbocycles. The van der Waals surface area contributed by atoms with Crippen LogP contribution in [0.2, 0.25) is 0 Å². The summed E-state index contributed by atoms with van der Waals surface area (Å²) in [5.41, 5.74) is 1.84. The summed E-state index contributed by atoms with van der Waals surface area (Å²) in [6.07, 6.45) is 3.25. The first-order valence-electron chi connectivity index (χ1n) is 11.1. The van der Waals surface area contributed by atoms with Crippen molar-refractivity contribution in [2.24, 2.45) is 5.92 Å². The first-order valence-corrected chi connectivity index (χ1v) is 12.1. The zero-order valence-electron chi connectivity index (χ0n) is 17.8. The van der Waals surface area contributed by atoms with E-state index in [4.69, 9.17) is 0 Å². The van der Waals surface area contributed by atoms with Crippen molar-refractivity contribution in [3.63, 3.8) is 0 Å². The highest BCUT2D eigenvalue weighted by molar-refractivity contribution is 7.07. The molecule has 0 bridgehead atoms. The molecule has 1 amide bonds. The van der Waals surface area contributed by atoms with Gasteiger partial charge in [0.2, 0.25) is 5.91 Å². The Morgan fingerprint density at radius 3 is 2.87 bits per heavy atom. The zero-order chi connectivity index (χ0) is 21.4. The number of fused-ring (bicyclic) bond motifs is 2. The maximum atomic E-state index is 13.6. The third-order valence-corrected chi connectivity index (χ3v) is 7.66. The molecule has 5 rings (SSSR count). The van der Waals surface area contributed by atoms with Gasteiger partial charge in [0.15, 0.2) is 0 Å². The van der Waals surface area contributed by atoms with Gasteiger partial charge in [0.1, 0.15) is 0 Å². The number of likely N-dealkylation sites (tertiary alicyclic amines) is 2. The van der Waals surface area contributed by atoms with Crippen molar-refractivity contribution in [1.82, 2.24) is 20.0 Å². The van der Waals surface area contributed by atoms with E-state index >= 15 is 0 Å². The number of aromatic nitrogens is 2. The summed E-state index contributed by atoms with van der Waals surface area (Å²) in [5.74, 6) is 0.271. The number of hydrogen-bond acceptors (Lipinski definition) is 5.